The maximum absolute atomic E-state index is 12.5. The Morgan fingerprint density at radius 3 is 2.54 bits per heavy atom. The molecule has 1 aromatic heterocycles. The van der Waals surface area contributed by atoms with Gasteiger partial charge in [0.1, 0.15) is 5.56 Å². The predicted octanol–water partition coefficient (Wildman–Crippen LogP) is 3.39. The molecule has 124 valence electrons. The van der Waals surface area contributed by atoms with Gasteiger partial charge in [0.05, 0.1) is 16.2 Å². The van der Waals surface area contributed by atoms with Gasteiger partial charge in [0.2, 0.25) is 0 Å². The number of nitro groups is 1. The predicted molar refractivity (Wildman–Crippen MR) is 89.2 cm³/mol. The number of nitro benzene ring substituents is 1. The van der Waals surface area contributed by atoms with Crippen LogP contribution in [0.3, 0.4) is 0 Å². The first-order valence-corrected chi connectivity index (χ1v) is 7.36. The summed E-state index contributed by atoms with van der Waals surface area (Å²) in [6.45, 7) is 5.05. The van der Waals surface area contributed by atoms with E-state index in [1.165, 1.54) is 24.5 Å². The molecule has 2 aromatic rings. The first kappa shape index (κ1) is 17.3. The van der Waals surface area contributed by atoms with Crippen molar-refractivity contribution < 1.29 is 14.5 Å². The molecular weight excluding hydrogens is 310 g/mol. The van der Waals surface area contributed by atoms with Crippen LogP contribution in [-0.2, 0) is 0 Å². The molecule has 0 radical (unpaired) electrons. The van der Waals surface area contributed by atoms with Crippen molar-refractivity contribution in [1.82, 2.24) is 4.98 Å². The highest BCUT2D eigenvalue weighted by molar-refractivity contribution is 6.11. The van der Waals surface area contributed by atoms with Crippen LogP contribution in [0.15, 0.2) is 36.7 Å². The van der Waals surface area contributed by atoms with E-state index in [0.29, 0.717) is 5.56 Å². The molecule has 0 aliphatic carbocycles. The number of anilines is 1. The summed E-state index contributed by atoms with van der Waals surface area (Å²) in [5.74, 6) is -1.08. The number of aromatic nitrogens is 1. The van der Waals surface area contributed by atoms with Gasteiger partial charge in [0.15, 0.2) is 5.78 Å². The van der Waals surface area contributed by atoms with Crippen LogP contribution in [0.4, 0.5) is 11.4 Å². The van der Waals surface area contributed by atoms with E-state index in [9.17, 15) is 19.7 Å². The Labute approximate surface area is 138 Å². The lowest BCUT2D eigenvalue weighted by molar-refractivity contribution is -0.385. The molecule has 0 aliphatic heterocycles. The smallest absolute Gasteiger partial charge is 0.285 e. The summed E-state index contributed by atoms with van der Waals surface area (Å²) in [4.78, 5) is 39.2. The monoisotopic (exact) mass is 327 g/mol. The average Bonchev–Trinajstić information content (AvgIpc) is 2.53. The van der Waals surface area contributed by atoms with Crippen molar-refractivity contribution in [2.24, 2.45) is 5.92 Å². The van der Waals surface area contributed by atoms with Crippen molar-refractivity contribution in [3.05, 3.63) is 63.5 Å². The Hall–Kier alpha value is -3.09. The highest BCUT2D eigenvalue weighted by Crippen LogP contribution is 2.25. The maximum Gasteiger partial charge on any atom is 0.285 e. The molecule has 0 atom stereocenters. The van der Waals surface area contributed by atoms with Crippen LogP contribution >= 0.6 is 0 Å². The van der Waals surface area contributed by atoms with Crippen LogP contribution in [-0.4, -0.2) is 21.6 Å². The third-order valence-electron chi connectivity index (χ3n) is 3.52. The number of benzene rings is 1. The van der Waals surface area contributed by atoms with E-state index in [4.69, 9.17) is 0 Å². The number of pyridine rings is 1. The standard InChI is InChI=1S/C17H17N3O4/c1-10(2)16(21)13-9-18-8-7-14(13)19-17(22)12-6-4-5-11(3)15(12)20(23)24/h4-10H,1-3H3,(H,18,19,22). The van der Waals surface area contributed by atoms with Gasteiger partial charge in [-0.2, -0.15) is 0 Å². The van der Waals surface area contributed by atoms with Crippen LogP contribution in [0.1, 0.15) is 40.1 Å². The quantitative estimate of drug-likeness (QED) is 0.515. The highest BCUT2D eigenvalue weighted by Gasteiger charge is 2.24. The fourth-order valence-corrected chi connectivity index (χ4v) is 2.28. The fraction of sp³-hybridized carbons (Fsp3) is 0.235. The number of nitrogens with one attached hydrogen (secondary N) is 1. The number of para-hydroxylation sites is 1. The van der Waals surface area contributed by atoms with E-state index in [1.807, 2.05) is 0 Å². The molecule has 0 aliphatic rings. The van der Waals surface area contributed by atoms with E-state index >= 15 is 0 Å². The summed E-state index contributed by atoms with van der Waals surface area (Å²) in [7, 11) is 0. The molecule has 0 saturated heterocycles. The number of carbonyl (C=O) groups excluding carboxylic acids is 2. The molecule has 1 amide bonds. The van der Waals surface area contributed by atoms with Gasteiger partial charge >= 0.3 is 0 Å². The van der Waals surface area contributed by atoms with E-state index < -0.39 is 10.8 Å². The van der Waals surface area contributed by atoms with Crippen LogP contribution in [0.5, 0.6) is 0 Å². The Kier molecular flexibility index (Phi) is 5.03. The minimum Gasteiger partial charge on any atom is -0.321 e. The van der Waals surface area contributed by atoms with Gasteiger partial charge in [0.25, 0.3) is 11.6 Å². The number of nitrogens with zero attached hydrogens (tertiary/aromatic N) is 2. The number of aryl methyl sites for hydroxylation is 1. The Morgan fingerprint density at radius 1 is 1.21 bits per heavy atom. The van der Waals surface area contributed by atoms with Crippen molar-refractivity contribution in [1.29, 1.82) is 0 Å². The minimum atomic E-state index is -0.644. The van der Waals surface area contributed by atoms with Crippen molar-refractivity contribution in [3.63, 3.8) is 0 Å². The number of hydrogen-bond acceptors (Lipinski definition) is 5. The van der Waals surface area contributed by atoms with Gasteiger partial charge in [-0.3, -0.25) is 24.7 Å². The lowest BCUT2D eigenvalue weighted by atomic mass is 10.0. The third-order valence-corrected chi connectivity index (χ3v) is 3.52. The van der Waals surface area contributed by atoms with Gasteiger partial charge in [-0.25, -0.2) is 0 Å². The second-order valence-electron chi connectivity index (χ2n) is 5.62. The summed E-state index contributed by atoms with van der Waals surface area (Å²) >= 11 is 0. The first-order valence-electron chi connectivity index (χ1n) is 7.36. The summed E-state index contributed by atoms with van der Waals surface area (Å²) in [5, 5.41) is 13.8. The maximum atomic E-state index is 12.5. The van der Waals surface area contributed by atoms with Crippen LogP contribution < -0.4 is 5.32 Å². The molecule has 1 aromatic carbocycles. The zero-order chi connectivity index (χ0) is 17.9. The third kappa shape index (κ3) is 3.45. The van der Waals surface area contributed by atoms with Crippen LogP contribution in [0, 0.1) is 23.0 Å². The zero-order valence-corrected chi connectivity index (χ0v) is 13.6. The molecule has 0 spiro atoms. The van der Waals surface area contributed by atoms with Crippen molar-refractivity contribution in [2.75, 3.05) is 5.32 Å². The number of hydrogen-bond donors (Lipinski definition) is 1. The fourth-order valence-electron chi connectivity index (χ4n) is 2.28. The average molecular weight is 327 g/mol. The molecule has 0 saturated carbocycles. The van der Waals surface area contributed by atoms with Gasteiger partial charge in [-0.1, -0.05) is 26.0 Å². The molecule has 2 rings (SSSR count). The molecule has 7 heteroatoms. The van der Waals surface area contributed by atoms with Crippen molar-refractivity contribution in [3.8, 4) is 0 Å². The lowest BCUT2D eigenvalue weighted by Crippen LogP contribution is -2.18. The SMILES string of the molecule is Cc1cccc(C(=O)Nc2ccncc2C(=O)C(C)C)c1[N+](=O)[O-]. The van der Waals surface area contributed by atoms with Crippen LogP contribution in [0.2, 0.25) is 0 Å². The second kappa shape index (κ2) is 6.99. The number of carbonyl (C=O) groups is 2. The molecule has 0 fully saturated rings. The summed E-state index contributed by atoms with van der Waals surface area (Å²) in [6.07, 6.45) is 2.82. The molecular formula is C17H17N3O4. The van der Waals surface area contributed by atoms with Crippen molar-refractivity contribution in [2.45, 2.75) is 20.8 Å². The van der Waals surface area contributed by atoms with E-state index in [-0.39, 0.29) is 34.2 Å². The normalized spacial score (nSPS) is 10.5. The summed E-state index contributed by atoms with van der Waals surface area (Å²) in [5.41, 5.74) is 0.641. The second-order valence-corrected chi connectivity index (χ2v) is 5.62. The van der Waals surface area contributed by atoms with Gasteiger partial charge in [0, 0.05) is 23.9 Å². The van der Waals surface area contributed by atoms with E-state index in [0.717, 1.165) is 0 Å². The van der Waals surface area contributed by atoms with Crippen molar-refractivity contribution >= 4 is 23.1 Å². The number of ketones is 1. The number of Topliss-reactive ketones (excluding diaryl/α,β-unsaturated/α-hetero) is 1. The van der Waals surface area contributed by atoms with Gasteiger partial charge < -0.3 is 5.32 Å². The summed E-state index contributed by atoms with van der Waals surface area (Å²) in [6, 6.07) is 6.01. The minimum absolute atomic E-state index is 0.0558. The van der Waals surface area contributed by atoms with E-state index in [2.05, 4.69) is 10.3 Å². The zero-order valence-electron chi connectivity index (χ0n) is 13.6. The lowest BCUT2D eigenvalue weighted by Gasteiger charge is -2.12. The Bertz CT molecular complexity index is 815. The molecule has 1 N–H and O–H groups in total. The molecule has 0 unspecified atom stereocenters. The highest BCUT2D eigenvalue weighted by atomic mass is 16.6. The molecule has 7 nitrogen and oxygen atoms in total. The molecule has 0 bridgehead atoms. The Balaban J connectivity index is 2.41. The molecule has 1 heterocycles. The van der Waals surface area contributed by atoms with Gasteiger partial charge in [-0.15, -0.1) is 0 Å². The summed E-state index contributed by atoms with van der Waals surface area (Å²) < 4.78 is 0. The molecule has 24 heavy (non-hydrogen) atoms. The largest absolute Gasteiger partial charge is 0.321 e. The first-order chi connectivity index (χ1) is 11.3. The Morgan fingerprint density at radius 2 is 1.92 bits per heavy atom. The van der Waals surface area contributed by atoms with Gasteiger partial charge in [-0.05, 0) is 19.1 Å². The number of amides is 1. The van der Waals surface area contributed by atoms with E-state index in [1.54, 1.807) is 32.9 Å². The van der Waals surface area contributed by atoms with Crippen LogP contribution in [0.25, 0.3) is 0 Å². The topological polar surface area (TPSA) is 102 Å². The number of rotatable bonds is 5.